The van der Waals surface area contributed by atoms with Crippen LogP contribution in [-0.2, 0) is 23.9 Å². The van der Waals surface area contributed by atoms with Crippen molar-refractivity contribution in [2.24, 2.45) is 51.8 Å². The Bertz CT molecular complexity index is 983. The fourth-order valence-electron chi connectivity index (χ4n) is 9.59. The van der Waals surface area contributed by atoms with Crippen LogP contribution in [0.3, 0.4) is 0 Å². The fourth-order valence-corrected chi connectivity index (χ4v) is 9.59. The van der Waals surface area contributed by atoms with E-state index in [1.165, 1.54) is 10.5 Å². The minimum atomic E-state index is -0.503. The molecule has 0 aromatic rings. The molecule has 6 nitrogen and oxygen atoms in total. The quantitative estimate of drug-likeness (QED) is 0.269. The average Bonchev–Trinajstić information content (AvgIpc) is 3.60. The normalized spacial score (nSPS) is 48.9. The molecule has 5 fully saturated rings. The lowest BCUT2D eigenvalue weighted by Gasteiger charge is -2.68. The SMILES string of the molecule is CC(C)C1=CC23CCC4C(C)(C(=O)OCC5CO5)CCCC4(C)C2CC1C1C(=O)N(C)C(=O)C13. The lowest BCUT2D eigenvalue weighted by atomic mass is 9.34. The van der Waals surface area contributed by atoms with Crippen LogP contribution < -0.4 is 0 Å². The zero-order valence-electron chi connectivity index (χ0n) is 21.3. The summed E-state index contributed by atoms with van der Waals surface area (Å²) in [6.45, 7) is 10.0. The largest absolute Gasteiger partial charge is 0.462 e. The smallest absolute Gasteiger partial charge is 0.312 e. The number of ether oxygens (including phenoxy) is 2. The number of hydrogen-bond donors (Lipinski definition) is 0. The summed E-state index contributed by atoms with van der Waals surface area (Å²) in [5.41, 5.74) is 0.563. The van der Waals surface area contributed by atoms with Crippen molar-refractivity contribution in [2.45, 2.75) is 72.3 Å². The second-order valence-corrected chi connectivity index (χ2v) is 13.0. The van der Waals surface area contributed by atoms with Crippen molar-refractivity contribution in [3.8, 4) is 0 Å². The van der Waals surface area contributed by atoms with Crippen LogP contribution in [0.25, 0.3) is 0 Å². The number of rotatable bonds is 4. The number of imide groups is 1. The molecule has 9 unspecified atom stereocenters. The third kappa shape index (κ3) is 2.75. The van der Waals surface area contributed by atoms with Crippen molar-refractivity contribution < 1.29 is 23.9 Å². The molecule has 34 heavy (non-hydrogen) atoms. The minimum absolute atomic E-state index is 0.0215. The Balaban J connectivity index is 1.40. The van der Waals surface area contributed by atoms with Crippen LogP contribution in [-0.4, -0.2) is 49.0 Å². The summed E-state index contributed by atoms with van der Waals surface area (Å²) in [4.78, 5) is 41.6. The molecule has 7 rings (SSSR count). The average molecular weight is 470 g/mol. The number of carbonyl (C=O) groups is 3. The van der Waals surface area contributed by atoms with Gasteiger partial charge in [-0.1, -0.05) is 38.8 Å². The van der Waals surface area contributed by atoms with Crippen LogP contribution in [0.5, 0.6) is 0 Å². The highest BCUT2D eigenvalue weighted by atomic mass is 16.6. The molecule has 2 heterocycles. The third-order valence-electron chi connectivity index (χ3n) is 11.2. The highest BCUT2D eigenvalue weighted by Crippen LogP contribution is 2.74. The van der Waals surface area contributed by atoms with Gasteiger partial charge in [0.1, 0.15) is 12.7 Å². The number of nitrogens with zero attached hydrogens (tertiary/aromatic N) is 1. The van der Waals surface area contributed by atoms with Crippen LogP contribution in [0.15, 0.2) is 11.6 Å². The molecule has 9 atom stereocenters. The molecule has 7 aliphatic rings. The maximum Gasteiger partial charge on any atom is 0.312 e. The first kappa shape index (κ1) is 22.8. The highest BCUT2D eigenvalue weighted by Gasteiger charge is 2.73. The van der Waals surface area contributed by atoms with Gasteiger partial charge in [0.2, 0.25) is 11.8 Å². The van der Waals surface area contributed by atoms with E-state index in [-0.39, 0.29) is 58.4 Å². The molecule has 3 saturated carbocycles. The standard InChI is InChI=1S/C28H39NO5/c1-15(2)18-12-28-10-7-19-26(3,8-6-9-27(19,4)25(32)34-14-16-13-33-16)20(28)11-17(18)21-22(28)24(31)29(5)23(21)30/h12,15-17,19-22H,6-11,13-14H2,1-5H3. The van der Waals surface area contributed by atoms with Crippen LogP contribution in [0.2, 0.25) is 0 Å². The Kier molecular flexibility index (Phi) is 4.80. The number of carbonyl (C=O) groups excluding carboxylic acids is 3. The predicted molar refractivity (Wildman–Crippen MR) is 125 cm³/mol. The summed E-state index contributed by atoms with van der Waals surface area (Å²) in [5, 5.41) is 0. The molecule has 2 bridgehead atoms. The molecule has 0 N–H and O–H groups in total. The van der Waals surface area contributed by atoms with E-state index < -0.39 is 5.41 Å². The van der Waals surface area contributed by atoms with E-state index in [2.05, 4.69) is 33.8 Å². The van der Waals surface area contributed by atoms with Crippen LogP contribution >= 0.6 is 0 Å². The number of amides is 2. The Morgan fingerprint density at radius 3 is 2.59 bits per heavy atom. The van der Waals surface area contributed by atoms with Gasteiger partial charge in [0.15, 0.2) is 0 Å². The second-order valence-electron chi connectivity index (χ2n) is 13.0. The predicted octanol–water partition coefficient (Wildman–Crippen LogP) is 3.98. The van der Waals surface area contributed by atoms with E-state index in [4.69, 9.17) is 9.47 Å². The second kappa shape index (κ2) is 7.18. The molecular weight excluding hydrogens is 430 g/mol. The van der Waals surface area contributed by atoms with Crippen molar-refractivity contribution in [1.82, 2.24) is 4.90 Å². The maximum atomic E-state index is 13.5. The van der Waals surface area contributed by atoms with E-state index in [1.54, 1.807) is 7.05 Å². The van der Waals surface area contributed by atoms with Crippen molar-refractivity contribution in [3.05, 3.63) is 11.6 Å². The van der Waals surface area contributed by atoms with Crippen molar-refractivity contribution >= 4 is 17.8 Å². The van der Waals surface area contributed by atoms with E-state index in [9.17, 15) is 14.4 Å². The number of esters is 1. The molecule has 2 aliphatic heterocycles. The summed E-state index contributed by atoms with van der Waals surface area (Å²) >= 11 is 0. The number of allylic oxidation sites excluding steroid dienone is 2. The van der Waals surface area contributed by atoms with Crippen LogP contribution in [0.1, 0.15) is 66.2 Å². The lowest BCUT2D eigenvalue weighted by Crippen LogP contribution is -2.65. The summed E-state index contributed by atoms with van der Waals surface area (Å²) in [6.07, 6.45) is 8.22. The zero-order valence-corrected chi connectivity index (χ0v) is 21.3. The maximum absolute atomic E-state index is 13.5. The first-order chi connectivity index (χ1) is 16.0. The third-order valence-corrected chi connectivity index (χ3v) is 11.2. The summed E-state index contributed by atoms with van der Waals surface area (Å²) < 4.78 is 11.0. The van der Waals surface area contributed by atoms with Gasteiger partial charge in [0.05, 0.1) is 23.9 Å². The molecule has 1 spiro atoms. The molecule has 0 aromatic carbocycles. The molecule has 0 radical (unpaired) electrons. The number of epoxide rings is 1. The van der Waals surface area contributed by atoms with Gasteiger partial charge in [-0.2, -0.15) is 0 Å². The number of likely N-dealkylation sites (tertiary alicyclic amines) is 1. The summed E-state index contributed by atoms with van der Waals surface area (Å²) in [7, 11) is 1.67. The van der Waals surface area contributed by atoms with Gasteiger partial charge in [0, 0.05) is 12.5 Å². The minimum Gasteiger partial charge on any atom is -0.462 e. The van der Waals surface area contributed by atoms with Crippen LogP contribution in [0, 0.1) is 51.8 Å². The van der Waals surface area contributed by atoms with Crippen LogP contribution in [0.4, 0.5) is 0 Å². The van der Waals surface area contributed by atoms with Gasteiger partial charge >= 0.3 is 5.97 Å². The van der Waals surface area contributed by atoms with E-state index in [1.807, 2.05) is 0 Å². The number of fused-ring (bicyclic) bond motifs is 1. The zero-order chi connectivity index (χ0) is 24.2. The molecule has 2 amide bonds. The fraction of sp³-hybridized carbons (Fsp3) is 0.821. The van der Waals surface area contributed by atoms with Gasteiger partial charge in [-0.25, -0.2) is 0 Å². The highest BCUT2D eigenvalue weighted by molar-refractivity contribution is 6.06. The van der Waals surface area contributed by atoms with E-state index in [0.29, 0.717) is 25.0 Å². The lowest BCUT2D eigenvalue weighted by molar-refractivity contribution is -0.198. The Hall–Kier alpha value is -1.69. The van der Waals surface area contributed by atoms with Gasteiger partial charge in [-0.3, -0.25) is 19.3 Å². The van der Waals surface area contributed by atoms with Crippen molar-refractivity contribution in [3.63, 3.8) is 0 Å². The Morgan fingerprint density at radius 1 is 1.18 bits per heavy atom. The Morgan fingerprint density at radius 2 is 1.91 bits per heavy atom. The molecule has 0 aromatic heterocycles. The van der Waals surface area contributed by atoms with Gasteiger partial charge in [0.25, 0.3) is 0 Å². The van der Waals surface area contributed by atoms with E-state index in [0.717, 1.165) is 38.5 Å². The van der Waals surface area contributed by atoms with Gasteiger partial charge < -0.3 is 9.47 Å². The first-order valence-electron chi connectivity index (χ1n) is 13.4. The molecule has 5 aliphatic carbocycles. The van der Waals surface area contributed by atoms with Gasteiger partial charge in [-0.05, 0) is 68.1 Å². The molecule has 2 saturated heterocycles. The monoisotopic (exact) mass is 469 g/mol. The summed E-state index contributed by atoms with van der Waals surface area (Å²) in [5.74, 6) is 0.602. The number of hydrogen-bond acceptors (Lipinski definition) is 5. The van der Waals surface area contributed by atoms with Crippen molar-refractivity contribution in [1.29, 1.82) is 0 Å². The van der Waals surface area contributed by atoms with Crippen molar-refractivity contribution in [2.75, 3.05) is 20.3 Å². The molecule has 6 heteroatoms. The molecular formula is C28H39NO5. The summed E-state index contributed by atoms with van der Waals surface area (Å²) in [6, 6.07) is 0. The topological polar surface area (TPSA) is 76.2 Å². The van der Waals surface area contributed by atoms with Gasteiger partial charge in [-0.15, -0.1) is 0 Å². The Labute approximate surface area is 202 Å². The first-order valence-corrected chi connectivity index (χ1v) is 13.4. The van der Waals surface area contributed by atoms with E-state index >= 15 is 0 Å². The molecule has 186 valence electrons.